The SMILES string of the molecule is COc1ccc2c(CC(=O)N[C@@H](CC(=O)O)C(=O)O[C@@H]3CC[C@]4(C)C5CC[C@@]6(C)C(CCC6[C@H](C)CCC(=O)OCCOCCOCCOCCOCCN)[C@@H]5CC[C@@H]4C3)cc(=O)oc2c1. The highest BCUT2D eigenvalue weighted by Gasteiger charge is 2.61. The van der Waals surface area contributed by atoms with E-state index in [1.54, 1.807) is 18.2 Å². The number of amides is 1. The molecule has 1 amide bonds. The van der Waals surface area contributed by atoms with E-state index in [2.05, 4.69) is 26.1 Å². The normalized spacial score (nSPS) is 27.8. The molecule has 16 nitrogen and oxygen atoms in total. The molecule has 1 aromatic carbocycles. The van der Waals surface area contributed by atoms with Gasteiger partial charge >= 0.3 is 23.5 Å². The van der Waals surface area contributed by atoms with Crippen LogP contribution >= 0.6 is 0 Å². The van der Waals surface area contributed by atoms with Gasteiger partial charge in [-0.05, 0) is 128 Å². The Morgan fingerprint density at radius 3 is 2.20 bits per heavy atom. The number of hydrogen-bond acceptors (Lipinski definition) is 14. The monoisotopic (exact) mass is 927 g/mol. The number of esters is 2. The average molecular weight is 927 g/mol. The molecule has 0 saturated heterocycles. The second-order valence-electron chi connectivity index (χ2n) is 19.5. The summed E-state index contributed by atoms with van der Waals surface area (Å²) in [5.74, 6) is 0.923. The van der Waals surface area contributed by atoms with E-state index in [0.717, 1.165) is 32.1 Å². The largest absolute Gasteiger partial charge is 0.497 e. The van der Waals surface area contributed by atoms with Crippen LogP contribution in [0.25, 0.3) is 11.0 Å². The number of nitrogens with one attached hydrogen (secondary N) is 1. The fourth-order valence-electron chi connectivity index (χ4n) is 12.5. The number of carbonyl (C=O) groups is 4. The molecule has 368 valence electrons. The van der Waals surface area contributed by atoms with Gasteiger partial charge in [0.15, 0.2) is 0 Å². The van der Waals surface area contributed by atoms with Crippen molar-refractivity contribution in [1.29, 1.82) is 0 Å². The second-order valence-corrected chi connectivity index (χ2v) is 19.5. The number of carboxylic acid groups (broad SMARTS) is 1. The fraction of sp³-hybridized carbons (Fsp3) is 0.740. The number of carboxylic acids is 1. The predicted molar refractivity (Wildman–Crippen MR) is 244 cm³/mol. The molecule has 0 radical (unpaired) electrons. The van der Waals surface area contributed by atoms with Gasteiger partial charge in [0.25, 0.3) is 0 Å². The number of hydrogen-bond donors (Lipinski definition) is 3. The highest BCUT2D eigenvalue weighted by Crippen LogP contribution is 2.68. The van der Waals surface area contributed by atoms with Crippen LogP contribution in [-0.4, -0.2) is 114 Å². The van der Waals surface area contributed by atoms with Crippen molar-refractivity contribution < 1.29 is 61.9 Å². The first kappa shape index (κ1) is 51.3. The topological polar surface area (TPSA) is 221 Å². The molecule has 2 aromatic rings. The molecule has 1 aromatic heterocycles. The molecule has 0 spiro atoms. The van der Waals surface area contributed by atoms with E-state index in [4.69, 9.17) is 43.3 Å². The van der Waals surface area contributed by atoms with Gasteiger partial charge < -0.3 is 53.7 Å². The summed E-state index contributed by atoms with van der Waals surface area (Å²) >= 11 is 0. The predicted octanol–water partition coefficient (Wildman–Crippen LogP) is 5.86. The molecule has 0 aliphatic heterocycles. The van der Waals surface area contributed by atoms with Gasteiger partial charge in [0.1, 0.15) is 30.1 Å². The van der Waals surface area contributed by atoms with E-state index >= 15 is 0 Å². The minimum absolute atomic E-state index is 0.122. The molecule has 4 N–H and O–H groups in total. The van der Waals surface area contributed by atoms with E-state index in [-0.39, 0.29) is 41.5 Å². The number of ether oxygens (including phenoxy) is 7. The number of benzene rings is 1. The van der Waals surface area contributed by atoms with E-state index < -0.39 is 35.9 Å². The van der Waals surface area contributed by atoms with Crippen LogP contribution < -0.4 is 21.4 Å². The highest BCUT2D eigenvalue weighted by atomic mass is 16.6. The van der Waals surface area contributed by atoms with Gasteiger partial charge in [-0.15, -0.1) is 0 Å². The first-order valence-electron chi connectivity index (χ1n) is 24.2. The lowest BCUT2D eigenvalue weighted by molar-refractivity contribution is -0.167. The summed E-state index contributed by atoms with van der Waals surface area (Å²) in [7, 11) is 1.49. The van der Waals surface area contributed by atoms with Gasteiger partial charge in [0.2, 0.25) is 5.91 Å². The number of methoxy groups -OCH3 is 1. The maximum atomic E-state index is 13.6. The number of fused-ring (bicyclic) bond motifs is 6. The van der Waals surface area contributed by atoms with Crippen molar-refractivity contribution >= 4 is 34.8 Å². The Morgan fingerprint density at radius 1 is 0.848 bits per heavy atom. The molecule has 0 bridgehead atoms. The lowest BCUT2D eigenvalue weighted by atomic mass is 9.44. The van der Waals surface area contributed by atoms with Crippen LogP contribution in [0.2, 0.25) is 0 Å². The van der Waals surface area contributed by atoms with Crippen LogP contribution in [0.15, 0.2) is 33.5 Å². The van der Waals surface area contributed by atoms with Crippen LogP contribution in [0, 0.1) is 46.3 Å². The zero-order chi connectivity index (χ0) is 47.3. The van der Waals surface area contributed by atoms with Crippen molar-refractivity contribution in [2.45, 2.75) is 116 Å². The molecule has 1 heterocycles. The Bertz CT molecular complexity index is 1990. The molecule has 4 aliphatic carbocycles. The van der Waals surface area contributed by atoms with Crippen molar-refractivity contribution in [3.63, 3.8) is 0 Å². The number of carbonyl (C=O) groups excluding carboxylic acids is 3. The van der Waals surface area contributed by atoms with Crippen molar-refractivity contribution in [2.75, 3.05) is 73.1 Å². The second kappa shape index (κ2) is 24.3. The maximum Gasteiger partial charge on any atom is 0.336 e. The van der Waals surface area contributed by atoms with E-state index in [1.807, 2.05) is 0 Å². The van der Waals surface area contributed by atoms with E-state index in [9.17, 15) is 29.1 Å². The van der Waals surface area contributed by atoms with Crippen LogP contribution in [-0.2, 0) is 54.0 Å². The Labute approximate surface area is 388 Å². The van der Waals surface area contributed by atoms with Crippen molar-refractivity contribution in [2.24, 2.45) is 52.1 Å². The van der Waals surface area contributed by atoms with Crippen LogP contribution in [0.4, 0.5) is 0 Å². The lowest BCUT2D eigenvalue weighted by Crippen LogP contribution is -2.54. The average Bonchev–Trinajstić information content (AvgIpc) is 3.65. The van der Waals surface area contributed by atoms with Crippen molar-refractivity contribution in [3.05, 3.63) is 40.2 Å². The minimum Gasteiger partial charge on any atom is -0.497 e. The maximum absolute atomic E-state index is 13.6. The molecule has 4 aliphatic rings. The molecule has 4 fully saturated rings. The molecular weight excluding hydrogens is 853 g/mol. The molecule has 66 heavy (non-hydrogen) atoms. The van der Waals surface area contributed by atoms with Gasteiger partial charge in [-0.2, -0.15) is 0 Å². The smallest absolute Gasteiger partial charge is 0.336 e. The summed E-state index contributed by atoms with van der Waals surface area (Å²) in [6.45, 7) is 11.7. The van der Waals surface area contributed by atoms with Gasteiger partial charge in [0, 0.05) is 30.5 Å². The number of rotatable bonds is 26. The third-order valence-electron chi connectivity index (χ3n) is 15.7. The number of nitrogens with two attached hydrogens (primary N) is 1. The first-order valence-corrected chi connectivity index (χ1v) is 24.2. The summed E-state index contributed by atoms with van der Waals surface area (Å²) in [6, 6.07) is 4.75. The Hall–Kier alpha value is -4.09. The lowest BCUT2D eigenvalue weighted by Gasteiger charge is -2.61. The molecule has 4 saturated carbocycles. The highest BCUT2D eigenvalue weighted by molar-refractivity contribution is 5.91. The quantitative estimate of drug-likeness (QED) is 0.0572. The molecule has 6 rings (SSSR count). The van der Waals surface area contributed by atoms with Crippen LogP contribution in [0.5, 0.6) is 5.75 Å². The molecule has 10 atom stereocenters. The van der Waals surface area contributed by atoms with Gasteiger partial charge in [-0.3, -0.25) is 14.4 Å². The van der Waals surface area contributed by atoms with Crippen molar-refractivity contribution in [3.8, 4) is 5.75 Å². The molecular formula is C50H74N2O14. The zero-order valence-electron chi connectivity index (χ0n) is 39.5. The third-order valence-corrected chi connectivity index (χ3v) is 15.7. The third kappa shape index (κ3) is 13.1. The molecule has 3 unspecified atom stereocenters. The molecule has 16 heteroatoms. The fourth-order valence-corrected chi connectivity index (χ4v) is 12.5. The van der Waals surface area contributed by atoms with Crippen LogP contribution in [0.3, 0.4) is 0 Å². The minimum atomic E-state index is -1.38. The van der Waals surface area contributed by atoms with Crippen molar-refractivity contribution in [1.82, 2.24) is 5.32 Å². The Morgan fingerprint density at radius 2 is 1.52 bits per heavy atom. The van der Waals surface area contributed by atoms with Gasteiger partial charge in [0.05, 0.1) is 72.8 Å². The standard InChI is InChI=1S/C50H74N2O14/c1-32(5-12-46(56)64-26-25-63-24-23-62-22-21-61-20-19-60-18-17-51)39-10-11-40-38-8-6-34-29-36(13-15-49(34,2)41(38)14-16-50(39,40)3)65-48(58)42(31-45(54)55)52-44(53)27-33-28-47(57)66-43-30-35(59-4)7-9-37(33)43/h7,9,28,30,32,34,36,38-42H,5-6,8,10-27,29,31,51H2,1-4H3,(H,52,53)(H,54,55)/t32-,34-,36-,38+,39?,40?,41?,42+,49+,50-/m1/s1. The van der Waals surface area contributed by atoms with Gasteiger partial charge in [-0.25, -0.2) is 9.59 Å². The summed E-state index contributed by atoms with van der Waals surface area (Å²) in [6.07, 6.45) is 9.24. The van der Waals surface area contributed by atoms with E-state index in [0.29, 0.717) is 124 Å². The Balaban J connectivity index is 0.920. The summed E-state index contributed by atoms with van der Waals surface area (Å²) in [4.78, 5) is 63.7. The zero-order valence-corrected chi connectivity index (χ0v) is 39.5. The number of aliphatic carboxylic acids is 1. The summed E-state index contributed by atoms with van der Waals surface area (Å²) < 4.78 is 43.8. The summed E-state index contributed by atoms with van der Waals surface area (Å²) in [5.41, 5.74) is 5.72. The Kier molecular flexibility index (Phi) is 18.9. The van der Waals surface area contributed by atoms with E-state index in [1.165, 1.54) is 38.9 Å². The summed E-state index contributed by atoms with van der Waals surface area (Å²) in [5, 5.41) is 12.8. The van der Waals surface area contributed by atoms with Gasteiger partial charge in [-0.1, -0.05) is 20.8 Å². The first-order chi connectivity index (χ1) is 31.7. The van der Waals surface area contributed by atoms with Crippen LogP contribution in [0.1, 0.15) is 103 Å².